The molecule has 10 atom stereocenters. The van der Waals surface area contributed by atoms with Crippen molar-refractivity contribution in [2.45, 2.75) is 173 Å². The van der Waals surface area contributed by atoms with Crippen LogP contribution in [0.25, 0.3) is 86.4 Å². The van der Waals surface area contributed by atoms with Gasteiger partial charge >= 0.3 is 47.8 Å². The van der Waals surface area contributed by atoms with Crippen LogP contribution in [0.3, 0.4) is 0 Å². The van der Waals surface area contributed by atoms with Gasteiger partial charge in [-0.15, -0.1) is 0 Å². The van der Waals surface area contributed by atoms with Gasteiger partial charge in [0.1, 0.15) is 25.4 Å². The summed E-state index contributed by atoms with van der Waals surface area (Å²) in [7, 11) is 3.73. The van der Waals surface area contributed by atoms with Crippen LogP contribution in [0.1, 0.15) is 114 Å². The molecule has 92 heavy (non-hydrogen) atoms. The minimum Gasteiger partial charge on any atom is -0.463 e. The Hall–Kier alpha value is -8.28. The summed E-state index contributed by atoms with van der Waals surface area (Å²) in [5.41, 5.74) is 7.61. The highest BCUT2D eigenvalue weighted by molar-refractivity contribution is 6.55. The molecule has 9 aromatic rings. The summed E-state index contributed by atoms with van der Waals surface area (Å²) < 4.78 is 73.5. The molecular weight excluding hydrogens is 1190 g/mol. The number of pyridine rings is 1. The number of fused-ring (bicyclic) bond motifs is 6. The van der Waals surface area contributed by atoms with Crippen molar-refractivity contribution in [1.29, 1.82) is 0 Å². The van der Waals surface area contributed by atoms with E-state index >= 15 is 0 Å². The number of hydrogen-bond acceptors (Lipinski definition) is 21. The molecule has 22 heteroatoms. The molecule has 0 spiro atoms. The van der Waals surface area contributed by atoms with Gasteiger partial charge in [-0.25, -0.2) is 0 Å². The first kappa shape index (κ1) is 60.0. The highest BCUT2D eigenvalue weighted by Crippen LogP contribution is 2.62. The van der Waals surface area contributed by atoms with Gasteiger partial charge < -0.3 is 66.3 Å². The lowest BCUT2D eigenvalue weighted by molar-refractivity contribution is -0.416. The van der Waals surface area contributed by atoms with Crippen molar-refractivity contribution in [1.82, 2.24) is 9.47 Å². The third-order valence-electron chi connectivity index (χ3n) is 20.4. The number of ether oxygens (including phenoxy) is 12. The first-order valence-electron chi connectivity index (χ1n) is 31.5. The van der Waals surface area contributed by atoms with Crippen LogP contribution in [0.4, 0.5) is 0 Å². The average molecular weight is 1260 g/mol. The van der Waals surface area contributed by atoms with E-state index in [-0.39, 0.29) is 52.1 Å². The van der Waals surface area contributed by atoms with Crippen molar-refractivity contribution in [3.63, 3.8) is 0 Å². The molecule has 0 amide bonds. The van der Waals surface area contributed by atoms with E-state index in [1.54, 1.807) is 0 Å². The summed E-state index contributed by atoms with van der Waals surface area (Å²) >= 11 is 0. The topological polar surface area (TPSA) is 255 Å². The molecular formula is C70H70N2O20. The second-order valence-corrected chi connectivity index (χ2v) is 26.3. The van der Waals surface area contributed by atoms with E-state index in [4.69, 9.17) is 56.8 Å². The normalized spacial score (nSPS) is 27.1. The van der Waals surface area contributed by atoms with Gasteiger partial charge in [-0.2, -0.15) is 0 Å². The molecule has 18 rings (SSSR count). The fourth-order valence-electron chi connectivity index (χ4n) is 17.5. The number of aromatic nitrogens is 1. The van der Waals surface area contributed by atoms with Gasteiger partial charge in [-0.05, 0) is 140 Å². The molecule has 2 saturated carbocycles. The number of carbonyl (C=O) groups excluding carboxylic acids is 8. The summed E-state index contributed by atoms with van der Waals surface area (Å²) in [4.78, 5) is 99.6. The van der Waals surface area contributed by atoms with E-state index < -0.39 is 107 Å². The molecule has 1 aromatic heterocycles. The Bertz CT molecular complexity index is 4490. The lowest BCUT2D eigenvalue weighted by atomic mass is 9.69. The number of carbonyl (C=O) groups is 8. The van der Waals surface area contributed by atoms with Gasteiger partial charge in [0.05, 0.1) is 24.2 Å². The lowest BCUT2D eigenvalue weighted by Crippen LogP contribution is -2.78. The molecule has 22 nitrogen and oxygen atoms in total. The van der Waals surface area contributed by atoms with Crippen molar-refractivity contribution < 1.29 is 95.2 Å². The highest BCUT2D eigenvalue weighted by Gasteiger charge is 2.74. The second-order valence-electron chi connectivity index (χ2n) is 26.3. The smallest absolute Gasteiger partial charge is 0.303 e. The molecule has 6 heterocycles. The number of benzene rings is 7. The Morgan fingerprint density at radius 1 is 0.446 bits per heavy atom. The minimum atomic E-state index is -1.63. The molecule has 9 aliphatic rings. The van der Waals surface area contributed by atoms with Crippen molar-refractivity contribution >= 4 is 134 Å². The van der Waals surface area contributed by atoms with Crippen LogP contribution in [-0.2, 0) is 127 Å². The molecule has 8 aromatic carbocycles. The number of rotatable bonds is 18. The molecule has 4 saturated heterocycles. The molecule has 0 radical (unpaired) electrons. The van der Waals surface area contributed by atoms with Crippen molar-refractivity contribution in [3.8, 4) is 0 Å². The van der Waals surface area contributed by atoms with Crippen LogP contribution in [0.15, 0.2) is 36.4 Å². The quantitative estimate of drug-likeness (QED) is 0.0339. The van der Waals surface area contributed by atoms with Gasteiger partial charge in [-0.3, -0.25) is 38.4 Å². The summed E-state index contributed by atoms with van der Waals surface area (Å²) in [5.74, 6) is -8.18. The van der Waals surface area contributed by atoms with Crippen LogP contribution in [0.2, 0.25) is 0 Å². The van der Waals surface area contributed by atoms with E-state index in [2.05, 4.69) is 41.0 Å². The van der Waals surface area contributed by atoms with E-state index in [9.17, 15) is 38.4 Å². The highest BCUT2D eigenvalue weighted by atomic mass is 16.8. The van der Waals surface area contributed by atoms with Crippen LogP contribution in [-0.4, -0.2) is 164 Å². The van der Waals surface area contributed by atoms with E-state index in [1.165, 1.54) is 175 Å². The number of hydrogen-bond donors (Lipinski definition) is 0. The first-order chi connectivity index (χ1) is 43.9. The largest absolute Gasteiger partial charge is 0.463 e. The zero-order valence-electron chi connectivity index (χ0n) is 52.9. The van der Waals surface area contributed by atoms with Crippen LogP contribution < -0.4 is 0 Å². The molecule has 5 aliphatic heterocycles. The Labute approximate surface area is 526 Å². The zero-order valence-corrected chi connectivity index (χ0v) is 52.9. The number of likely N-dealkylation sites (N-methyl/N-ethyl adjacent to an activating group) is 1. The van der Waals surface area contributed by atoms with Gasteiger partial charge in [0, 0.05) is 103 Å². The maximum absolute atomic E-state index is 12.8. The first-order valence-corrected chi connectivity index (χ1v) is 31.5. The predicted molar refractivity (Wildman–Crippen MR) is 331 cm³/mol. The van der Waals surface area contributed by atoms with Gasteiger partial charge in [0.2, 0.25) is 11.6 Å². The predicted octanol–water partition coefficient (Wildman–Crippen LogP) is 8.19. The van der Waals surface area contributed by atoms with E-state index in [0.717, 1.165) is 25.7 Å². The standard InChI is InChI=1S/C50H39NO10.C20H31NO10/c1-20(52)56-19-32-49(60-23(4)55)9-10-50(61-32,48(59-22(3)54)47(49)58-21(2)53)57-12-11-51-45-26-7-8-27-16-31-18-29-14-25-6-5-24-13-28-17-30(15-26)37-35(28)39-33(24)34(25)40-36(29)38(31)44(46(27)51)42(41(39)40)43(37)45;1-12(22)26-11-16-19(30-15(4)25)7-8-20(31-16,27-10-9-21(5)6)18(29-14(3)24)17(19)28-13(2)23/h5-6,13-16,32,47-48H,7-12,17-19H2,1-4H3;16-18H,7-11H2,1-6H3. The summed E-state index contributed by atoms with van der Waals surface area (Å²) in [6, 6.07) is 14.5. The van der Waals surface area contributed by atoms with Crippen molar-refractivity contribution in [2.75, 3.05) is 47.1 Å². The average Bonchev–Trinajstić information content (AvgIpc) is 1.45. The lowest BCUT2D eigenvalue weighted by Gasteiger charge is -2.60. The SMILES string of the molecule is CC(=O)OCC1OC2(OCCN(C)C)CCC1(OC(C)=O)C(OC(C)=O)C2OC(C)=O.CC(=O)OCC1OC2(OCCn3c4c5cc6c7c8c(cc9ccc%10cc%11c%12c%13c(cc(c3c%13c(c3c8c9c%10c%123)c74)CC5)C%11)C6)CCC1(OC(C)=O)C(OC(C)=O)C2OC(C)=O. The summed E-state index contributed by atoms with van der Waals surface area (Å²) in [6.07, 6.45) is -2.80. The molecule has 4 aliphatic carbocycles. The number of aryl methyl sites for hydroxylation is 2. The molecule has 480 valence electrons. The van der Waals surface area contributed by atoms with Crippen LogP contribution in [0, 0.1) is 0 Å². The summed E-state index contributed by atoms with van der Waals surface area (Å²) in [5, 5.41) is 19.4. The van der Waals surface area contributed by atoms with Crippen LogP contribution >= 0.6 is 0 Å². The Balaban J connectivity index is 0.000000193. The van der Waals surface area contributed by atoms with Crippen LogP contribution in [0.5, 0.6) is 0 Å². The van der Waals surface area contributed by atoms with E-state index in [0.29, 0.717) is 13.1 Å². The number of esters is 8. The third kappa shape index (κ3) is 8.68. The zero-order chi connectivity index (χ0) is 64.6. The Morgan fingerprint density at radius 3 is 1.23 bits per heavy atom. The second kappa shape index (κ2) is 21.1. The monoisotopic (exact) mass is 1260 g/mol. The minimum absolute atomic E-state index is 0.138. The van der Waals surface area contributed by atoms with Gasteiger partial charge in [0.25, 0.3) is 0 Å². The molecule has 6 bridgehead atoms. The van der Waals surface area contributed by atoms with Gasteiger partial charge in [-0.1, -0.05) is 36.4 Å². The fourth-order valence-corrected chi connectivity index (χ4v) is 17.5. The maximum atomic E-state index is 12.8. The number of nitrogens with zero attached hydrogens (tertiary/aromatic N) is 2. The Morgan fingerprint density at radius 2 is 0.826 bits per heavy atom. The Kier molecular flexibility index (Phi) is 13.8. The summed E-state index contributed by atoms with van der Waals surface area (Å²) in [6.45, 7) is 10.6. The van der Waals surface area contributed by atoms with Crippen molar-refractivity contribution in [2.24, 2.45) is 0 Å². The molecule has 6 fully saturated rings. The van der Waals surface area contributed by atoms with Gasteiger partial charge in [0.15, 0.2) is 35.6 Å². The van der Waals surface area contributed by atoms with Crippen molar-refractivity contribution in [3.05, 3.63) is 69.8 Å². The fraction of sp³-hybridized carbons (Fsp3) is 0.486. The molecule has 0 N–H and O–H groups in total. The molecule has 10 unspecified atom stereocenters. The van der Waals surface area contributed by atoms with E-state index in [1.807, 2.05) is 19.0 Å². The third-order valence-corrected chi connectivity index (χ3v) is 20.4. The maximum Gasteiger partial charge on any atom is 0.303 e.